The van der Waals surface area contributed by atoms with Crippen LogP contribution < -0.4 is 10.1 Å². The second-order valence-electron chi connectivity index (χ2n) is 7.29. The van der Waals surface area contributed by atoms with E-state index in [9.17, 15) is 9.59 Å². The minimum Gasteiger partial charge on any atom is -0.497 e. The van der Waals surface area contributed by atoms with Gasteiger partial charge in [0.2, 0.25) is 0 Å². The van der Waals surface area contributed by atoms with Crippen LogP contribution in [0.2, 0.25) is 0 Å². The van der Waals surface area contributed by atoms with Crippen LogP contribution in [0.15, 0.2) is 12.1 Å². The van der Waals surface area contributed by atoms with Crippen molar-refractivity contribution in [3.63, 3.8) is 0 Å². The number of likely N-dealkylation sites (N-methyl/N-ethyl adjacent to an activating group) is 1. The van der Waals surface area contributed by atoms with Crippen molar-refractivity contribution in [1.29, 1.82) is 0 Å². The third-order valence-electron chi connectivity index (χ3n) is 6.52. The van der Waals surface area contributed by atoms with Crippen LogP contribution in [-0.4, -0.2) is 55.8 Å². The molecule has 1 aliphatic rings. The van der Waals surface area contributed by atoms with Crippen molar-refractivity contribution in [3.8, 4) is 5.75 Å². The number of nitrogens with zero attached hydrogens (tertiary/aromatic N) is 1. The van der Waals surface area contributed by atoms with Crippen LogP contribution in [0, 0.1) is 6.92 Å². The van der Waals surface area contributed by atoms with Gasteiger partial charge in [0.15, 0.2) is 5.54 Å². The summed E-state index contributed by atoms with van der Waals surface area (Å²) in [6.45, 7) is 11.0. The van der Waals surface area contributed by atoms with E-state index in [1.807, 2.05) is 13.0 Å². The average molecular weight is 378 g/mol. The van der Waals surface area contributed by atoms with E-state index in [-0.39, 0.29) is 5.91 Å². The van der Waals surface area contributed by atoms with Crippen LogP contribution in [0.4, 0.5) is 5.69 Å². The lowest BCUT2D eigenvalue weighted by Crippen LogP contribution is -2.72. The van der Waals surface area contributed by atoms with Crippen LogP contribution in [-0.2, 0) is 9.53 Å². The van der Waals surface area contributed by atoms with Gasteiger partial charge in [-0.1, -0.05) is 0 Å². The molecule has 0 atom stereocenters. The molecule has 0 unspecified atom stereocenters. The lowest BCUT2D eigenvalue weighted by atomic mass is 9.72. The van der Waals surface area contributed by atoms with Crippen molar-refractivity contribution in [2.75, 3.05) is 39.2 Å². The van der Waals surface area contributed by atoms with E-state index in [1.165, 1.54) is 7.11 Å². The predicted molar refractivity (Wildman–Crippen MR) is 106 cm³/mol. The number of hydrogen-bond acceptors (Lipinski definition) is 4. The molecule has 1 aromatic carbocycles. The van der Waals surface area contributed by atoms with Gasteiger partial charge in [-0.15, -0.1) is 0 Å². The molecular weight excluding hydrogens is 344 g/mol. The molecule has 1 saturated carbocycles. The lowest BCUT2D eigenvalue weighted by Gasteiger charge is -2.55. The fraction of sp³-hybridized carbons (Fsp3) is 0.619. The molecule has 2 rings (SSSR count). The number of carbonyl (C=O) groups is 2. The van der Waals surface area contributed by atoms with E-state index in [0.717, 1.165) is 48.9 Å². The van der Waals surface area contributed by atoms with Crippen molar-refractivity contribution < 1.29 is 23.5 Å². The van der Waals surface area contributed by atoms with Gasteiger partial charge >= 0.3 is 5.97 Å². The van der Waals surface area contributed by atoms with Crippen molar-refractivity contribution in [2.45, 2.75) is 52.5 Å². The average Bonchev–Trinajstić information content (AvgIpc) is 2.65. The molecule has 0 spiro atoms. The highest BCUT2D eigenvalue weighted by atomic mass is 16.5. The first-order valence-electron chi connectivity index (χ1n) is 9.79. The summed E-state index contributed by atoms with van der Waals surface area (Å²) in [5, 5.41) is 3.09. The van der Waals surface area contributed by atoms with E-state index >= 15 is 0 Å². The third-order valence-corrected chi connectivity index (χ3v) is 6.52. The maximum atomic E-state index is 13.5. The van der Waals surface area contributed by atoms with Crippen molar-refractivity contribution in [1.82, 2.24) is 0 Å². The van der Waals surface area contributed by atoms with Gasteiger partial charge in [-0.2, -0.15) is 0 Å². The highest BCUT2D eigenvalue weighted by molar-refractivity contribution is 6.05. The maximum Gasteiger partial charge on any atom is 0.340 e. The van der Waals surface area contributed by atoms with E-state index in [0.29, 0.717) is 17.0 Å². The predicted octanol–water partition coefficient (Wildman–Crippen LogP) is 3.53. The van der Waals surface area contributed by atoms with Crippen molar-refractivity contribution >= 4 is 17.6 Å². The zero-order valence-corrected chi connectivity index (χ0v) is 17.5. The van der Waals surface area contributed by atoms with Gasteiger partial charge < -0.3 is 19.3 Å². The topological polar surface area (TPSA) is 64.6 Å². The number of anilines is 1. The Balaban J connectivity index is 2.46. The fourth-order valence-corrected chi connectivity index (χ4v) is 4.55. The number of esters is 1. The third kappa shape index (κ3) is 3.43. The minimum atomic E-state index is -0.489. The number of carbonyl (C=O) groups excluding carboxylic acids is 2. The molecule has 0 radical (unpaired) electrons. The molecule has 1 aliphatic carbocycles. The highest BCUT2D eigenvalue weighted by Crippen LogP contribution is 2.44. The second kappa shape index (κ2) is 8.30. The summed E-state index contributed by atoms with van der Waals surface area (Å²) >= 11 is 0. The van der Waals surface area contributed by atoms with E-state index in [4.69, 9.17) is 9.47 Å². The Bertz CT molecular complexity index is 698. The summed E-state index contributed by atoms with van der Waals surface area (Å²) in [5.41, 5.74) is 1.18. The Morgan fingerprint density at radius 2 is 1.70 bits per heavy atom. The normalized spacial score (nSPS) is 15.6. The summed E-state index contributed by atoms with van der Waals surface area (Å²) in [6, 6.07) is 3.43. The first-order valence-corrected chi connectivity index (χ1v) is 9.79. The van der Waals surface area contributed by atoms with Gasteiger partial charge in [0.25, 0.3) is 5.91 Å². The number of nitrogens with one attached hydrogen (secondary N) is 1. The van der Waals surface area contributed by atoms with Gasteiger partial charge in [-0.25, -0.2) is 4.79 Å². The van der Waals surface area contributed by atoms with Gasteiger partial charge in [0.1, 0.15) is 5.75 Å². The van der Waals surface area contributed by atoms with Gasteiger partial charge in [-0.05, 0) is 51.8 Å². The first-order chi connectivity index (χ1) is 12.8. The van der Waals surface area contributed by atoms with E-state index in [1.54, 1.807) is 13.2 Å². The number of hydrogen-bond donors (Lipinski definition) is 1. The standard InChI is InChI=1S/C21H32N2O4/c1-7-23(8-2,9-3)21(11-10-12-21)20(25)22-18-15(4)13-16(26-5)14-17(18)19(24)27-6/h13-14H,7-12H2,1-6H3/p+1. The molecule has 6 nitrogen and oxygen atoms in total. The quantitative estimate of drug-likeness (QED) is 0.556. The second-order valence-corrected chi connectivity index (χ2v) is 7.29. The Kier molecular flexibility index (Phi) is 6.52. The maximum absolute atomic E-state index is 13.5. The Hall–Kier alpha value is -2.08. The van der Waals surface area contributed by atoms with Crippen molar-refractivity contribution in [2.24, 2.45) is 0 Å². The fourth-order valence-electron chi connectivity index (χ4n) is 4.55. The Morgan fingerprint density at radius 1 is 1.11 bits per heavy atom. The SMILES string of the molecule is CC[N+](CC)(CC)C1(C(=O)Nc2c(C)cc(OC)cc2C(=O)OC)CCC1. The molecule has 1 amide bonds. The van der Waals surface area contributed by atoms with Crippen LogP contribution in [0.1, 0.15) is 56.0 Å². The van der Waals surface area contributed by atoms with Crippen LogP contribution in [0.3, 0.4) is 0 Å². The van der Waals surface area contributed by atoms with Crippen LogP contribution in [0.5, 0.6) is 5.75 Å². The minimum absolute atomic E-state index is 0.00211. The summed E-state index contributed by atoms with van der Waals surface area (Å²) in [7, 11) is 2.89. The summed E-state index contributed by atoms with van der Waals surface area (Å²) in [6.07, 6.45) is 2.80. The van der Waals surface area contributed by atoms with Gasteiger partial charge in [-0.3, -0.25) is 4.79 Å². The van der Waals surface area contributed by atoms with E-state index in [2.05, 4.69) is 26.1 Å². The van der Waals surface area contributed by atoms with E-state index < -0.39 is 11.5 Å². The first kappa shape index (κ1) is 21.2. The molecule has 0 aliphatic heterocycles. The molecule has 6 heteroatoms. The summed E-state index contributed by atoms with van der Waals surface area (Å²) < 4.78 is 11.0. The smallest absolute Gasteiger partial charge is 0.340 e. The van der Waals surface area contributed by atoms with Gasteiger partial charge in [0.05, 0.1) is 45.1 Å². The zero-order chi connectivity index (χ0) is 20.2. The molecule has 0 saturated heterocycles. The number of ether oxygens (including phenoxy) is 2. The molecule has 150 valence electrons. The highest BCUT2D eigenvalue weighted by Gasteiger charge is 2.58. The van der Waals surface area contributed by atoms with Crippen LogP contribution >= 0.6 is 0 Å². The Morgan fingerprint density at radius 3 is 2.11 bits per heavy atom. The zero-order valence-electron chi connectivity index (χ0n) is 17.5. The molecule has 0 heterocycles. The molecular formula is C21H33N2O4+. The number of methoxy groups -OCH3 is 2. The molecule has 1 fully saturated rings. The number of quaternary nitrogens is 1. The molecule has 1 N–H and O–H groups in total. The summed E-state index contributed by atoms with van der Waals surface area (Å²) in [5.74, 6) is 0.0694. The Labute approximate surface area is 162 Å². The number of aryl methyl sites for hydroxylation is 1. The summed E-state index contributed by atoms with van der Waals surface area (Å²) in [4.78, 5) is 25.8. The largest absolute Gasteiger partial charge is 0.497 e. The molecule has 1 aromatic rings. The van der Waals surface area contributed by atoms with Crippen molar-refractivity contribution in [3.05, 3.63) is 23.3 Å². The lowest BCUT2D eigenvalue weighted by molar-refractivity contribution is -0.967. The van der Waals surface area contributed by atoms with Crippen LogP contribution in [0.25, 0.3) is 0 Å². The number of benzene rings is 1. The number of amides is 1. The molecule has 0 aromatic heterocycles. The molecule has 0 bridgehead atoms. The number of rotatable bonds is 8. The van der Waals surface area contributed by atoms with Gasteiger partial charge in [0, 0.05) is 12.8 Å². The monoisotopic (exact) mass is 377 g/mol. The molecule has 27 heavy (non-hydrogen) atoms.